The minimum atomic E-state index is -0.694. The number of aromatic nitrogens is 1. The van der Waals surface area contributed by atoms with Crippen molar-refractivity contribution in [1.29, 1.82) is 0 Å². The number of piperidine rings is 1. The molecule has 2 rings (SSSR count). The third-order valence-electron chi connectivity index (χ3n) is 3.85. The molecule has 0 aromatic carbocycles. The van der Waals surface area contributed by atoms with Crippen molar-refractivity contribution >= 4 is 17.3 Å². The molecule has 1 unspecified atom stereocenters. The van der Waals surface area contributed by atoms with E-state index in [1.54, 1.807) is 11.3 Å². The number of aliphatic carboxylic acids is 1. The molecule has 1 fully saturated rings. The molecule has 0 aliphatic carbocycles. The molecule has 0 spiro atoms. The summed E-state index contributed by atoms with van der Waals surface area (Å²) >= 11 is 1.78. The number of likely N-dealkylation sites (tertiary alicyclic amines) is 1. The van der Waals surface area contributed by atoms with Crippen LogP contribution in [0.4, 0.5) is 0 Å². The van der Waals surface area contributed by atoms with E-state index in [0.717, 1.165) is 26.1 Å². The van der Waals surface area contributed by atoms with E-state index in [2.05, 4.69) is 24.1 Å². The van der Waals surface area contributed by atoms with Gasteiger partial charge in [-0.25, -0.2) is 4.98 Å². The summed E-state index contributed by atoms with van der Waals surface area (Å²) in [4.78, 5) is 17.7. The van der Waals surface area contributed by atoms with E-state index in [1.807, 2.05) is 0 Å². The molecule has 4 nitrogen and oxygen atoms in total. The van der Waals surface area contributed by atoms with Crippen LogP contribution in [-0.2, 0) is 4.79 Å². The Kier molecular flexibility index (Phi) is 5.54. The molecule has 1 aliphatic heterocycles. The van der Waals surface area contributed by atoms with Gasteiger partial charge in [-0.2, -0.15) is 0 Å². The maximum atomic E-state index is 10.6. The first-order valence-electron chi connectivity index (χ1n) is 7.45. The minimum Gasteiger partial charge on any atom is -0.481 e. The maximum absolute atomic E-state index is 10.6. The van der Waals surface area contributed by atoms with Crippen LogP contribution < -0.4 is 0 Å². The van der Waals surface area contributed by atoms with Gasteiger partial charge < -0.3 is 10.0 Å². The van der Waals surface area contributed by atoms with Crippen molar-refractivity contribution in [3.63, 3.8) is 0 Å². The second-order valence-corrected chi connectivity index (χ2v) is 6.79. The summed E-state index contributed by atoms with van der Waals surface area (Å²) in [5.41, 5.74) is 1.20. The van der Waals surface area contributed by atoms with Crippen LogP contribution in [0.1, 0.15) is 62.1 Å². The molecule has 1 aromatic heterocycles. The largest absolute Gasteiger partial charge is 0.481 e. The van der Waals surface area contributed by atoms with Gasteiger partial charge in [0, 0.05) is 24.3 Å². The number of thiazole rings is 1. The van der Waals surface area contributed by atoms with Crippen molar-refractivity contribution in [3.05, 3.63) is 16.1 Å². The van der Waals surface area contributed by atoms with Crippen LogP contribution >= 0.6 is 11.3 Å². The fraction of sp³-hybridized carbons (Fsp3) is 0.733. The Labute approximate surface area is 124 Å². The lowest BCUT2D eigenvalue weighted by Gasteiger charge is -2.31. The standard InChI is InChI=1S/C15H24N2O2S/c1-11(2)13-10-20-15(16-13)12-5-3-7-17(9-12)8-4-6-14(18)19/h10-12H,3-9H2,1-2H3,(H,18,19). The van der Waals surface area contributed by atoms with Gasteiger partial charge in [-0.15, -0.1) is 11.3 Å². The van der Waals surface area contributed by atoms with Gasteiger partial charge in [0.25, 0.3) is 0 Å². The Morgan fingerprint density at radius 2 is 2.40 bits per heavy atom. The number of rotatable bonds is 6. The average Bonchev–Trinajstić information content (AvgIpc) is 2.88. The van der Waals surface area contributed by atoms with Crippen molar-refractivity contribution in [2.24, 2.45) is 0 Å². The Bertz CT molecular complexity index is 445. The zero-order chi connectivity index (χ0) is 14.5. The topological polar surface area (TPSA) is 53.4 Å². The Morgan fingerprint density at radius 1 is 1.60 bits per heavy atom. The van der Waals surface area contributed by atoms with Crippen LogP contribution in [0.25, 0.3) is 0 Å². The molecule has 1 aromatic rings. The van der Waals surface area contributed by atoms with Crippen molar-refractivity contribution in [1.82, 2.24) is 9.88 Å². The van der Waals surface area contributed by atoms with Gasteiger partial charge in [0.1, 0.15) is 0 Å². The molecule has 1 atom stereocenters. The van der Waals surface area contributed by atoms with E-state index in [0.29, 0.717) is 11.8 Å². The molecule has 1 saturated heterocycles. The first kappa shape index (κ1) is 15.4. The highest BCUT2D eigenvalue weighted by molar-refractivity contribution is 7.09. The quantitative estimate of drug-likeness (QED) is 0.875. The van der Waals surface area contributed by atoms with Gasteiger partial charge >= 0.3 is 5.97 Å². The zero-order valence-corrected chi connectivity index (χ0v) is 13.2. The number of carbonyl (C=O) groups is 1. The SMILES string of the molecule is CC(C)c1csc(C2CCCN(CCCC(=O)O)C2)n1. The van der Waals surface area contributed by atoms with Crippen LogP contribution in [0.2, 0.25) is 0 Å². The third-order valence-corrected chi connectivity index (χ3v) is 4.88. The first-order valence-corrected chi connectivity index (χ1v) is 8.33. The maximum Gasteiger partial charge on any atom is 0.303 e. The molecule has 0 saturated carbocycles. The summed E-state index contributed by atoms with van der Waals surface area (Å²) in [6, 6.07) is 0. The second kappa shape index (κ2) is 7.18. The number of hydrogen-bond donors (Lipinski definition) is 1. The highest BCUT2D eigenvalue weighted by Crippen LogP contribution is 2.30. The first-order chi connectivity index (χ1) is 9.56. The second-order valence-electron chi connectivity index (χ2n) is 5.90. The number of nitrogens with zero attached hydrogens (tertiary/aromatic N) is 2. The fourth-order valence-corrected chi connectivity index (χ4v) is 3.78. The highest BCUT2D eigenvalue weighted by atomic mass is 32.1. The normalized spacial score (nSPS) is 20.4. The lowest BCUT2D eigenvalue weighted by Crippen LogP contribution is -2.35. The summed E-state index contributed by atoms with van der Waals surface area (Å²) in [7, 11) is 0. The van der Waals surface area contributed by atoms with Gasteiger partial charge in [0.15, 0.2) is 0 Å². The van der Waals surface area contributed by atoms with Crippen LogP contribution in [-0.4, -0.2) is 40.6 Å². The smallest absolute Gasteiger partial charge is 0.303 e. The predicted molar refractivity (Wildman–Crippen MR) is 81.5 cm³/mol. The monoisotopic (exact) mass is 296 g/mol. The lowest BCUT2D eigenvalue weighted by atomic mass is 9.98. The summed E-state index contributed by atoms with van der Waals surface area (Å²) < 4.78 is 0. The van der Waals surface area contributed by atoms with E-state index < -0.39 is 5.97 Å². The van der Waals surface area contributed by atoms with Crippen molar-refractivity contribution in [3.8, 4) is 0 Å². The van der Waals surface area contributed by atoms with E-state index in [4.69, 9.17) is 10.1 Å². The van der Waals surface area contributed by atoms with Gasteiger partial charge in [0.05, 0.1) is 10.7 Å². The lowest BCUT2D eigenvalue weighted by molar-refractivity contribution is -0.137. The van der Waals surface area contributed by atoms with Gasteiger partial charge in [0.2, 0.25) is 0 Å². The molecule has 20 heavy (non-hydrogen) atoms. The van der Waals surface area contributed by atoms with Crippen molar-refractivity contribution < 1.29 is 9.90 Å². The molecule has 112 valence electrons. The Morgan fingerprint density at radius 3 is 3.05 bits per heavy atom. The third kappa shape index (κ3) is 4.28. The molecule has 2 heterocycles. The number of carboxylic acids is 1. The average molecular weight is 296 g/mol. The molecular weight excluding hydrogens is 272 g/mol. The molecular formula is C15H24N2O2S. The van der Waals surface area contributed by atoms with E-state index in [9.17, 15) is 4.79 Å². The van der Waals surface area contributed by atoms with Gasteiger partial charge in [-0.1, -0.05) is 13.8 Å². The highest BCUT2D eigenvalue weighted by Gasteiger charge is 2.23. The van der Waals surface area contributed by atoms with E-state index in [1.165, 1.54) is 23.5 Å². The van der Waals surface area contributed by atoms with E-state index >= 15 is 0 Å². The summed E-state index contributed by atoms with van der Waals surface area (Å²) in [6.07, 6.45) is 3.42. The van der Waals surface area contributed by atoms with Crippen LogP contribution in [0.5, 0.6) is 0 Å². The molecule has 0 amide bonds. The summed E-state index contributed by atoms with van der Waals surface area (Å²) in [5, 5.41) is 12.1. The molecule has 1 N–H and O–H groups in total. The Balaban J connectivity index is 1.87. The van der Waals surface area contributed by atoms with Crippen molar-refractivity contribution in [2.75, 3.05) is 19.6 Å². The molecule has 5 heteroatoms. The van der Waals surface area contributed by atoms with Crippen LogP contribution in [0.15, 0.2) is 5.38 Å². The molecule has 1 aliphatic rings. The zero-order valence-electron chi connectivity index (χ0n) is 12.3. The van der Waals surface area contributed by atoms with E-state index in [-0.39, 0.29) is 6.42 Å². The minimum absolute atomic E-state index is 0.274. The molecule has 0 bridgehead atoms. The van der Waals surface area contributed by atoms with Gasteiger partial charge in [-0.3, -0.25) is 4.79 Å². The van der Waals surface area contributed by atoms with Crippen LogP contribution in [0.3, 0.4) is 0 Å². The molecule has 0 radical (unpaired) electrons. The predicted octanol–water partition coefficient (Wildman–Crippen LogP) is 3.31. The summed E-state index contributed by atoms with van der Waals surface area (Å²) in [5.74, 6) is 0.335. The number of hydrogen-bond acceptors (Lipinski definition) is 4. The van der Waals surface area contributed by atoms with Gasteiger partial charge in [-0.05, 0) is 38.3 Å². The summed E-state index contributed by atoms with van der Waals surface area (Å²) in [6.45, 7) is 7.38. The Hall–Kier alpha value is -0.940. The van der Waals surface area contributed by atoms with Crippen molar-refractivity contribution in [2.45, 2.75) is 51.4 Å². The fourth-order valence-electron chi connectivity index (χ4n) is 2.67. The number of carboxylic acid groups (broad SMARTS) is 1. The van der Waals surface area contributed by atoms with Crippen LogP contribution in [0, 0.1) is 0 Å².